The number of nitrogens with zero attached hydrogens (tertiary/aromatic N) is 2. The molecule has 5 heteroatoms. The molecule has 1 aliphatic rings. The van der Waals surface area contributed by atoms with Crippen molar-refractivity contribution in [2.45, 2.75) is 32.6 Å². The van der Waals surface area contributed by atoms with Gasteiger partial charge in [-0.15, -0.1) is 0 Å². The zero-order chi connectivity index (χ0) is 18.9. The van der Waals surface area contributed by atoms with E-state index in [1.165, 1.54) is 31.7 Å². The third-order valence-corrected chi connectivity index (χ3v) is 4.62. The van der Waals surface area contributed by atoms with E-state index in [0.29, 0.717) is 0 Å². The van der Waals surface area contributed by atoms with Crippen LogP contribution in [0.15, 0.2) is 59.6 Å². The summed E-state index contributed by atoms with van der Waals surface area (Å²) in [5.74, 6) is 0.918. The average Bonchev–Trinajstić information content (AvgIpc) is 2.69. The van der Waals surface area contributed by atoms with Crippen molar-refractivity contribution in [2.24, 2.45) is 4.99 Å². The number of anilines is 2. The molecule has 0 aliphatic carbocycles. The van der Waals surface area contributed by atoms with Gasteiger partial charge in [-0.3, -0.25) is 9.79 Å². The van der Waals surface area contributed by atoms with Crippen LogP contribution in [-0.2, 0) is 11.2 Å². The van der Waals surface area contributed by atoms with E-state index in [-0.39, 0.29) is 5.91 Å². The molecule has 3 rings (SSSR count). The maximum Gasteiger partial charge on any atom is 0.221 e. The monoisotopic (exact) mass is 364 g/mol. The summed E-state index contributed by atoms with van der Waals surface area (Å²) in [6.07, 6.45) is 4.62. The van der Waals surface area contributed by atoms with Gasteiger partial charge in [0.15, 0.2) is 5.96 Å². The Hall–Kier alpha value is -2.82. The first-order valence-corrected chi connectivity index (χ1v) is 9.69. The Kier molecular flexibility index (Phi) is 6.85. The quantitative estimate of drug-likeness (QED) is 0.619. The van der Waals surface area contributed by atoms with Crippen molar-refractivity contribution < 1.29 is 4.79 Å². The highest BCUT2D eigenvalue weighted by molar-refractivity contribution is 5.93. The number of hydrogen-bond donors (Lipinski definition) is 2. The molecule has 0 atom stereocenters. The van der Waals surface area contributed by atoms with Gasteiger partial charge in [-0.05, 0) is 55.5 Å². The lowest BCUT2D eigenvalue weighted by atomic mass is 10.1. The number of nitrogens with one attached hydrogen (secondary N) is 2. The lowest BCUT2D eigenvalue weighted by Crippen LogP contribution is -2.40. The smallest absolute Gasteiger partial charge is 0.221 e. The van der Waals surface area contributed by atoms with E-state index in [1.54, 1.807) is 0 Å². The molecule has 2 aromatic rings. The molecule has 0 unspecified atom stereocenters. The molecule has 1 fully saturated rings. The van der Waals surface area contributed by atoms with Crippen LogP contribution < -0.4 is 10.6 Å². The molecule has 2 aromatic carbocycles. The second-order valence-corrected chi connectivity index (χ2v) is 6.87. The van der Waals surface area contributed by atoms with Crippen molar-refractivity contribution in [1.29, 1.82) is 0 Å². The van der Waals surface area contributed by atoms with Crippen LogP contribution in [0.2, 0.25) is 0 Å². The van der Waals surface area contributed by atoms with Crippen molar-refractivity contribution in [2.75, 3.05) is 30.3 Å². The van der Waals surface area contributed by atoms with E-state index in [0.717, 1.165) is 43.4 Å². The minimum Gasteiger partial charge on any atom is -0.343 e. The first-order valence-electron chi connectivity index (χ1n) is 9.69. The van der Waals surface area contributed by atoms with Gasteiger partial charge in [0.05, 0.1) is 0 Å². The predicted molar refractivity (Wildman–Crippen MR) is 112 cm³/mol. The topological polar surface area (TPSA) is 56.7 Å². The van der Waals surface area contributed by atoms with Crippen LogP contribution in [0.5, 0.6) is 0 Å². The number of guanidine groups is 1. The Labute approximate surface area is 161 Å². The highest BCUT2D eigenvalue weighted by Crippen LogP contribution is 2.14. The first-order chi connectivity index (χ1) is 13.2. The fourth-order valence-electron chi connectivity index (χ4n) is 3.22. The number of amides is 1. The molecule has 0 aromatic heterocycles. The number of benzene rings is 2. The number of likely N-dealkylation sites (tertiary alicyclic amines) is 1. The van der Waals surface area contributed by atoms with Gasteiger partial charge < -0.3 is 15.5 Å². The van der Waals surface area contributed by atoms with E-state index in [9.17, 15) is 4.79 Å². The molecule has 142 valence electrons. The Morgan fingerprint density at radius 3 is 2.26 bits per heavy atom. The molecule has 2 N–H and O–H groups in total. The van der Waals surface area contributed by atoms with E-state index < -0.39 is 0 Å². The van der Waals surface area contributed by atoms with Crippen LogP contribution in [0.3, 0.4) is 0 Å². The summed E-state index contributed by atoms with van der Waals surface area (Å²) in [6, 6.07) is 18.2. The summed E-state index contributed by atoms with van der Waals surface area (Å²) in [5.41, 5.74) is 3.11. The Bertz CT molecular complexity index is 750. The largest absolute Gasteiger partial charge is 0.343 e. The van der Waals surface area contributed by atoms with Crippen LogP contribution >= 0.6 is 0 Å². The minimum atomic E-state index is -0.0505. The zero-order valence-corrected chi connectivity index (χ0v) is 15.9. The number of rotatable bonds is 5. The lowest BCUT2D eigenvalue weighted by molar-refractivity contribution is -0.114. The normalized spacial score (nSPS) is 14.7. The van der Waals surface area contributed by atoms with Crippen LogP contribution in [-0.4, -0.2) is 36.4 Å². The molecule has 0 radical (unpaired) electrons. The number of carbonyl (C=O) groups excluding carboxylic acids is 1. The number of aliphatic imine (C=N–C) groups is 1. The third kappa shape index (κ3) is 6.13. The Balaban J connectivity index is 1.63. The minimum absolute atomic E-state index is 0.0505. The highest BCUT2D eigenvalue weighted by atomic mass is 16.1. The SMILES string of the molecule is CC(=O)Nc1ccc(CCN=C(Nc2ccccc2)N2CCCCC2)cc1. The highest BCUT2D eigenvalue weighted by Gasteiger charge is 2.14. The van der Waals surface area contributed by atoms with Crippen LogP contribution in [0.1, 0.15) is 31.7 Å². The van der Waals surface area contributed by atoms with Crippen molar-refractivity contribution in [3.05, 3.63) is 60.2 Å². The van der Waals surface area contributed by atoms with E-state index >= 15 is 0 Å². The number of carbonyl (C=O) groups is 1. The van der Waals surface area contributed by atoms with Crippen LogP contribution in [0.25, 0.3) is 0 Å². The van der Waals surface area contributed by atoms with Crippen molar-refractivity contribution >= 4 is 23.2 Å². The third-order valence-electron chi connectivity index (χ3n) is 4.62. The molecular formula is C22H28N4O. The summed E-state index contributed by atoms with van der Waals surface area (Å²) in [4.78, 5) is 18.3. The van der Waals surface area contributed by atoms with Crippen molar-refractivity contribution in [3.8, 4) is 0 Å². The molecular weight excluding hydrogens is 336 g/mol. The van der Waals surface area contributed by atoms with Crippen molar-refractivity contribution in [1.82, 2.24) is 4.90 Å². The van der Waals surface area contributed by atoms with Gasteiger partial charge in [-0.1, -0.05) is 30.3 Å². The molecule has 1 amide bonds. The van der Waals surface area contributed by atoms with Gasteiger partial charge >= 0.3 is 0 Å². The number of para-hydroxylation sites is 1. The van der Waals surface area contributed by atoms with Crippen LogP contribution in [0.4, 0.5) is 11.4 Å². The van der Waals surface area contributed by atoms with Gasteiger partial charge in [-0.25, -0.2) is 0 Å². The fraction of sp³-hybridized carbons (Fsp3) is 0.364. The molecule has 1 saturated heterocycles. The molecule has 0 bridgehead atoms. The summed E-state index contributed by atoms with van der Waals surface area (Å²) >= 11 is 0. The van der Waals surface area contributed by atoms with Gasteiger partial charge in [0.25, 0.3) is 0 Å². The van der Waals surface area contributed by atoms with E-state index in [1.807, 2.05) is 42.5 Å². The molecule has 0 spiro atoms. The maximum atomic E-state index is 11.1. The second-order valence-electron chi connectivity index (χ2n) is 6.87. The average molecular weight is 364 g/mol. The van der Waals surface area contributed by atoms with E-state index in [2.05, 4.69) is 27.7 Å². The van der Waals surface area contributed by atoms with Gasteiger partial charge in [0.2, 0.25) is 5.91 Å². The van der Waals surface area contributed by atoms with Gasteiger partial charge in [-0.2, -0.15) is 0 Å². The predicted octanol–water partition coefficient (Wildman–Crippen LogP) is 4.14. The molecule has 1 aliphatic heterocycles. The standard InChI is InChI=1S/C22H28N4O/c1-18(27)24-21-12-10-19(11-13-21)14-15-23-22(26-16-6-3-7-17-26)25-20-8-4-2-5-9-20/h2,4-5,8-13H,3,6-7,14-17H2,1H3,(H,23,25)(H,24,27). The van der Waals surface area contributed by atoms with Gasteiger partial charge in [0.1, 0.15) is 0 Å². The summed E-state index contributed by atoms with van der Waals surface area (Å²) in [5, 5.41) is 6.29. The Morgan fingerprint density at radius 2 is 1.59 bits per heavy atom. The number of hydrogen-bond acceptors (Lipinski definition) is 2. The molecule has 27 heavy (non-hydrogen) atoms. The molecule has 5 nitrogen and oxygen atoms in total. The summed E-state index contributed by atoms with van der Waals surface area (Å²) < 4.78 is 0. The Morgan fingerprint density at radius 1 is 0.926 bits per heavy atom. The zero-order valence-electron chi connectivity index (χ0n) is 15.9. The molecule has 1 heterocycles. The summed E-state index contributed by atoms with van der Waals surface area (Å²) in [6.45, 7) is 4.36. The maximum absolute atomic E-state index is 11.1. The van der Waals surface area contributed by atoms with Gasteiger partial charge in [0, 0.05) is 37.9 Å². The fourth-order valence-corrected chi connectivity index (χ4v) is 3.22. The lowest BCUT2D eigenvalue weighted by Gasteiger charge is -2.30. The molecule has 0 saturated carbocycles. The van der Waals surface area contributed by atoms with Crippen molar-refractivity contribution in [3.63, 3.8) is 0 Å². The first kappa shape index (κ1) is 19.0. The van der Waals surface area contributed by atoms with E-state index in [4.69, 9.17) is 4.99 Å². The van der Waals surface area contributed by atoms with Crippen LogP contribution in [0, 0.1) is 0 Å². The number of piperidine rings is 1. The summed E-state index contributed by atoms with van der Waals surface area (Å²) in [7, 11) is 0. The second kappa shape index (κ2) is 9.76.